The minimum atomic E-state index is -0.312. The number of halogens is 2. The van der Waals surface area contributed by atoms with E-state index in [1.54, 1.807) is 0 Å². The lowest BCUT2D eigenvalue weighted by atomic mass is 10.2. The molecule has 0 saturated heterocycles. The SMILES string of the molecule is Cn1ccc2c(P(C)C)c(Nc3nc(Cl)ncc3Cl)ccc21. The molecule has 2 heterocycles. The van der Waals surface area contributed by atoms with Crippen LogP contribution in [0.5, 0.6) is 0 Å². The molecular formula is C15H15Cl2N4P. The topological polar surface area (TPSA) is 42.7 Å². The van der Waals surface area contributed by atoms with Gasteiger partial charge in [0.05, 0.1) is 6.20 Å². The van der Waals surface area contributed by atoms with E-state index in [0.717, 1.165) is 5.69 Å². The van der Waals surface area contributed by atoms with Gasteiger partial charge in [0.25, 0.3) is 0 Å². The zero-order chi connectivity index (χ0) is 15.9. The second-order valence-corrected chi connectivity index (χ2v) is 8.16. The molecule has 0 aliphatic heterocycles. The Kier molecular flexibility index (Phi) is 4.26. The Morgan fingerprint density at radius 2 is 1.95 bits per heavy atom. The fourth-order valence-corrected chi connectivity index (χ4v) is 4.03. The molecule has 0 spiro atoms. The number of aromatic nitrogens is 3. The Balaban J connectivity index is 2.14. The van der Waals surface area contributed by atoms with Gasteiger partial charge < -0.3 is 9.88 Å². The van der Waals surface area contributed by atoms with Crippen molar-refractivity contribution in [1.29, 1.82) is 0 Å². The number of benzene rings is 1. The summed E-state index contributed by atoms with van der Waals surface area (Å²) in [6.45, 7) is 4.47. The number of aryl methyl sites for hydroxylation is 1. The predicted molar refractivity (Wildman–Crippen MR) is 96.7 cm³/mol. The Hall–Kier alpha value is -1.35. The zero-order valence-corrected chi connectivity index (χ0v) is 14.8. The molecule has 2 aromatic heterocycles. The van der Waals surface area contributed by atoms with Gasteiger partial charge in [0.15, 0.2) is 5.82 Å². The molecule has 0 fully saturated rings. The van der Waals surface area contributed by atoms with Crippen LogP contribution in [0.1, 0.15) is 0 Å². The highest BCUT2D eigenvalue weighted by molar-refractivity contribution is 7.65. The van der Waals surface area contributed by atoms with Crippen molar-refractivity contribution in [3.8, 4) is 0 Å². The molecule has 0 unspecified atom stereocenters. The summed E-state index contributed by atoms with van der Waals surface area (Å²) in [7, 11) is 1.74. The van der Waals surface area contributed by atoms with Gasteiger partial charge in [-0.15, -0.1) is 0 Å². The summed E-state index contributed by atoms with van der Waals surface area (Å²) in [6, 6.07) is 6.30. The number of fused-ring (bicyclic) bond motifs is 1. The first-order valence-corrected chi connectivity index (χ1v) is 9.67. The van der Waals surface area contributed by atoms with Crippen LogP contribution in [0.4, 0.5) is 11.5 Å². The zero-order valence-electron chi connectivity index (χ0n) is 12.4. The molecule has 1 aromatic carbocycles. The van der Waals surface area contributed by atoms with Crippen molar-refractivity contribution in [3.05, 3.63) is 40.9 Å². The van der Waals surface area contributed by atoms with Crippen molar-refractivity contribution in [1.82, 2.24) is 14.5 Å². The summed E-state index contributed by atoms with van der Waals surface area (Å²) in [5, 5.41) is 6.46. The van der Waals surface area contributed by atoms with E-state index in [1.807, 2.05) is 7.05 Å². The minimum Gasteiger partial charge on any atom is -0.351 e. The summed E-state index contributed by atoms with van der Waals surface area (Å²) >= 11 is 12.0. The van der Waals surface area contributed by atoms with Crippen LogP contribution in [-0.2, 0) is 7.05 Å². The molecule has 1 N–H and O–H groups in total. The molecule has 4 nitrogen and oxygen atoms in total. The van der Waals surface area contributed by atoms with Crippen molar-refractivity contribution < 1.29 is 0 Å². The van der Waals surface area contributed by atoms with Crippen molar-refractivity contribution in [2.75, 3.05) is 18.6 Å². The second-order valence-electron chi connectivity index (χ2n) is 5.18. The van der Waals surface area contributed by atoms with Crippen LogP contribution >= 0.6 is 31.1 Å². The molecule has 0 saturated carbocycles. The van der Waals surface area contributed by atoms with E-state index < -0.39 is 0 Å². The first kappa shape index (κ1) is 15.5. The van der Waals surface area contributed by atoms with Gasteiger partial charge in [-0.1, -0.05) is 19.5 Å². The largest absolute Gasteiger partial charge is 0.351 e. The normalized spacial score (nSPS) is 11.4. The second kappa shape index (κ2) is 6.04. The van der Waals surface area contributed by atoms with Gasteiger partial charge in [-0.05, 0) is 43.1 Å². The molecule has 114 valence electrons. The molecule has 0 amide bonds. The van der Waals surface area contributed by atoms with Gasteiger partial charge in [0.2, 0.25) is 5.28 Å². The van der Waals surface area contributed by atoms with Crippen molar-refractivity contribution >= 4 is 58.8 Å². The minimum absolute atomic E-state index is 0.171. The fraction of sp³-hybridized carbons (Fsp3) is 0.200. The summed E-state index contributed by atoms with van der Waals surface area (Å²) in [5.41, 5.74) is 2.22. The molecule has 22 heavy (non-hydrogen) atoms. The van der Waals surface area contributed by atoms with E-state index in [-0.39, 0.29) is 13.2 Å². The first-order valence-electron chi connectivity index (χ1n) is 6.68. The molecule has 3 rings (SSSR count). The van der Waals surface area contributed by atoms with E-state index in [2.05, 4.69) is 57.6 Å². The molecular weight excluding hydrogens is 338 g/mol. The summed E-state index contributed by atoms with van der Waals surface area (Å²) in [5.74, 6) is 0.523. The maximum Gasteiger partial charge on any atom is 0.224 e. The number of rotatable bonds is 3. The average Bonchev–Trinajstić information content (AvgIpc) is 2.84. The van der Waals surface area contributed by atoms with Crippen LogP contribution in [0.2, 0.25) is 10.3 Å². The highest BCUT2D eigenvalue weighted by atomic mass is 35.5. The van der Waals surface area contributed by atoms with Crippen LogP contribution in [-0.4, -0.2) is 27.9 Å². The quantitative estimate of drug-likeness (QED) is 0.561. The van der Waals surface area contributed by atoms with Gasteiger partial charge in [-0.2, -0.15) is 4.98 Å². The lowest BCUT2D eigenvalue weighted by molar-refractivity contribution is 0.969. The standard InChI is InChI=1S/C15H15Cl2N4P/c1-21-7-6-9-12(21)5-4-11(13(9)22(2)3)19-14-10(16)8-18-15(17)20-14/h4-8H,1-3H3,(H,18,19,20). The fourth-order valence-electron chi connectivity index (χ4n) is 2.48. The Bertz CT molecular complexity index is 845. The monoisotopic (exact) mass is 352 g/mol. The first-order chi connectivity index (χ1) is 10.5. The molecule has 0 bridgehead atoms. The van der Waals surface area contributed by atoms with Gasteiger partial charge in [-0.3, -0.25) is 0 Å². The predicted octanol–water partition coefficient (Wildman–Crippen LogP) is 4.39. The summed E-state index contributed by atoms with van der Waals surface area (Å²) in [6.07, 6.45) is 3.58. The molecule has 3 aromatic rings. The van der Waals surface area contributed by atoms with Crippen molar-refractivity contribution in [3.63, 3.8) is 0 Å². The molecule has 0 aliphatic carbocycles. The molecule has 0 atom stereocenters. The third kappa shape index (κ3) is 2.79. The number of nitrogens with one attached hydrogen (secondary N) is 1. The van der Waals surface area contributed by atoms with Crippen molar-refractivity contribution in [2.24, 2.45) is 7.05 Å². The Labute approximate surface area is 140 Å². The highest BCUT2D eigenvalue weighted by Gasteiger charge is 2.15. The number of anilines is 2. The van der Waals surface area contributed by atoms with Crippen LogP contribution in [0.25, 0.3) is 10.9 Å². The maximum atomic E-state index is 6.16. The van der Waals surface area contributed by atoms with Gasteiger partial charge in [0.1, 0.15) is 5.02 Å². The third-order valence-corrected chi connectivity index (χ3v) is 5.29. The Morgan fingerprint density at radius 3 is 2.68 bits per heavy atom. The smallest absolute Gasteiger partial charge is 0.224 e. The number of hydrogen-bond donors (Lipinski definition) is 1. The van der Waals surface area contributed by atoms with E-state index in [4.69, 9.17) is 23.2 Å². The van der Waals surface area contributed by atoms with Gasteiger partial charge >= 0.3 is 0 Å². The number of hydrogen-bond acceptors (Lipinski definition) is 3. The van der Waals surface area contributed by atoms with Crippen molar-refractivity contribution in [2.45, 2.75) is 0 Å². The van der Waals surface area contributed by atoms with E-state index >= 15 is 0 Å². The summed E-state index contributed by atoms with van der Waals surface area (Å²) in [4.78, 5) is 8.04. The molecule has 0 aliphatic rings. The van der Waals surface area contributed by atoms with Crippen LogP contribution in [0.3, 0.4) is 0 Å². The van der Waals surface area contributed by atoms with Crippen LogP contribution in [0, 0.1) is 0 Å². The van der Waals surface area contributed by atoms with Gasteiger partial charge in [-0.25, -0.2) is 4.98 Å². The highest BCUT2D eigenvalue weighted by Crippen LogP contribution is 2.35. The van der Waals surface area contributed by atoms with E-state index in [1.165, 1.54) is 22.4 Å². The average molecular weight is 353 g/mol. The number of nitrogens with zero attached hydrogens (tertiary/aromatic N) is 3. The maximum absolute atomic E-state index is 6.16. The van der Waals surface area contributed by atoms with Crippen LogP contribution in [0.15, 0.2) is 30.6 Å². The van der Waals surface area contributed by atoms with E-state index in [0.29, 0.717) is 10.8 Å². The van der Waals surface area contributed by atoms with Crippen LogP contribution < -0.4 is 10.6 Å². The third-order valence-electron chi connectivity index (χ3n) is 3.45. The summed E-state index contributed by atoms with van der Waals surface area (Å²) < 4.78 is 2.12. The van der Waals surface area contributed by atoms with E-state index in [9.17, 15) is 0 Å². The van der Waals surface area contributed by atoms with Gasteiger partial charge in [0, 0.05) is 35.1 Å². The lowest BCUT2D eigenvalue weighted by Gasteiger charge is -2.17. The molecule has 7 heteroatoms. The molecule has 0 radical (unpaired) electrons. The lowest BCUT2D eigenvalue weighted by Crippen LogP contribution is -2.10. The Morgan fingerprint density at radius 1 is 1.18 bits per heavy atom.